The van der Waals surface area contributed by atoms with E-state index in [2.05, 4.69) is 59.6 Å². The van der Waals surface area contributed by atoms with Crippen LogP contribution in [0.2, 0.25) is 0 Å². The average Bonchev–Trinajstić information content (AvgIpc) is 3.11. The van der Waals surface area contributed by atoms with E-state index in [4.69, 9.17) is 0 Å². The standard InChI is InChI=1S/C18H24N2O/c1-14-11-20(12-15-7-3-2-4-8-15)13-17(14)19-18(21)16-9-5-6-10-16/h2-8,14,16-17H,9-13H2,1H3,(H,19,21). The molecule has 1 amide bonds. The van der Waals surface area contributed by atoms with E-state index in [-0.39, 0.29) is 11.8 Å². The van der Waals surface area contributed by atoms with Gasteiger partial charge in [-0.1, -0.05) is 49.4 Å². The van der Waals surface area contributed by atoms with E-state index in [0.717, 1.165) is 32.5 Å². The van der Waals surface area contributed by atoms with Crippen LogP contribution in [0.1, 0.15) is 25.3 Å². The Kier molecular flexibility index (Phi) is 4.39. The molecular weight excluding hydrogens is 260 g/mol. The largest absolute Gasteiger partial charge is 0.352 e. The van der Waals surface area contributed by atoms with Crippen LogP contribution in [0, 0.1) is 11.8 Å². The summed E-state index contributed by atoms with van der Waals surface area (Å²) in [7, 11) is 0. The SMILES string of the molecule is CC1CN(Cc2ccccc2)CC1NC(=O)C1CC=CC1. The highest BCUT2D eigenvalue weighted by atomic mass is 16.2. The van der Waals surface area contributed by atoms with Crippen LogP contribution in [0.3, 0.4) is 0 Å². The van der Waals surface area contributed by atoms with Crippen LogP contribution in [0.15, 0.2) is 42.5 Å². The van der Waals surface area contributed by atoms with Gasteiger partial charge in [-0.25, -0.2) is 0 Å². The minimum absolute atomic E-state index is 0.167. The van der Waals surface area contributed by atoms with Gasteiger partial charge in [0.05, 0.1) is 0 Å². The molecule has 1 saturated heterocycles. The highest BCUT2D eigenvalue weighted by molar-refractivity contribution is 5.79. The molecule has 2 aliphatic rings. The average molecular weight is 284 g/mol. The van der Waals surface area contributed by atoms with Crippen molar-refractivity contribution < 1.29 is 4.79 Å². The Bertz CT molecular complexity index is 503. The molecule has 0 radical (unpaired) electrons. The first-order valence-electron chi connectivity index (χ1n) is 7.94. The molecule has 1 fully saturated rings. The summed E-state index contributed by atoms with van der Waals surface area (Å²) in [6.45, 7) is 5.23. The van der Waals surface area contributed by atoms with E-state index in [1.54, 1.807) is 0 Å². The topological polar surface area (TPSA) is 32.3 Å². The minimum atomic E-state index is 0.167. The van der Waals surface area contributed by atoms with Gasteiger partial charge in [-0.2, -0.15) is 0 Å². The van der Waals surface area contributed by atoms with E-state index in [1.807, 2.05) is 0 Å². The number of likely N-dealkylation sites (tertiary alicyclic amines) is 1. The molecule has 1 heterocycles. The van der Waals surface area contributed by atoms with Crippen molar-refractivity contribution in [2.45, 2.75) is 32.4 Å². The van der Waals surface area contributed by atoms with Crippen molar-refractivity contribution in [3.8, 4) is 0 Å². The lowest BCUT2D eigenvalue weighted by molar-refractivity contribution is -0.125. The smallest absolute Gasteiger partial charge is 0.224 e. The third kappa shape index (κ3) is 3.53. The normalized spacial score (nSPS) is 26.3. The predicted molar refractivity (Wildman–Crippen MR) is 84.7 cm³/mol. The minimum Gasteiger partial charge on any atom is -0.352 e. The molecule has 3 nitrogen and oxygen atoms in total. The van der Waals surface area contributed by atoms with Gasteiger partial charge in [-0.05, 0) is 24.3 Å². The summed E-state index contributed by atoms with van der Waals surface area (Å²) in [5, 5.41) is 3.27. The molecule has 112 valence electrons. The second kappa shape index (κ2) is 6.44. The highest BCUT2D eigenvalue weighted by Crippen LogP contribution is 2.22. The third-order valence-electron chi connectivity index (χ3n) is 4.64. The van der Waals surface area contributed by atoms with Gasteiger partial charge in [-0.3, -0.25) is 9.69 Å². The molecule has 2 atom stereocenters. The summed E-state index contributed by atoms with van der Waals surface area (Å²) in [4.78, 5) is 14.7. The molecule has 0 aromatic heterocycles. The number of allylic oxidation sites excluding steroid dienone is 2. The fourth-order valence-corrected chi connectivity index (χ4v) is 3.36. The molecule has 0 spiro atoms. The molecule has 3 rings (SSSR count). The second-order valence-electron chi connectivity index (χ2n) is 6.41. The quantitative estimate of drug-likeness (QED) is 0.862. The first-order valence-corrected chi connectivity index (χ1v) is 7.94. The summed E-state index contributed by atoms with van der Waals surface area (Å²) >= 11 is 0. The third-order valence-corrected chi connectivity index (χ3v) is 4.64. The zero-order chi connectivity index (χ0) is 14.7. The number of rotatable bonds is 4. The fourth-order valence-electron chi connectivity index (χ4n) is 3.36. The number of nitrogens with zero attached hydrogens (tertiary/aromatic N) is 1. The first kappa shape index (κ1) is 14.3. The Balaban J connectivity index is 1.52. The van der Waals surface area contributed by atoms with E-state index < -0.39 is 0 Å². The number of benzene rings is 1. The van der Waals surface area contributed by atoms with Crippen LogP contribution in [0.25, 0.3) is 0 Å². The van der Waals surface area contributed by atoms with Gasteiger partial charge in [0.25, 0.3) is 0 Å². The van der Waals surface area contributed by atoms with Crippen LogP contribution >= 0.6 is 0 Å². The van der Waals surface area contributed by atoms with E-state index in [9.17, 15) is 4.79 Å². The Labute approximate surface area is 127 Å². The number of hydrogen-bond acceptors (Lipinski definition) is 2. The summed E-state index contributed by atoms with van der Waals surface area (Å²) in [6, 6.07) is 10.8. The summed E-state index contributed by atoms with van der Waals surface area (Å²) in [5.74, 6) is 0.922. The summed E-state index contributed by atoms with van der Waals surface area (Å²) in [6.07, 6.45) is 6.04. The van der Waals surface area contributed by atoms with Crippen molar-refractivity contribution in [2.75, 3.05) is 13.1 Å². The molecule has 1 aromatic rings. The molecule has 1 aliphatic heterocycles. The maximum atomic E-state index is 12.2. The van der Waals surface area contributed by atoms with Gasteiger partial charge in [0.15, 0.2) is 0 Å². The lowest BCUT2D eigenvalue weighted by Gasteiger charge is -2.19. The summed E-state index contributed by atoms with van der Waals surface area (Å²) < 4.78 is 0. The zero-order valence-electron chi connectivity index (χ0n) is 12.7. The fraction of sp³-hybridized carbons (Fsp3) is 0.500. The number of amides is 1. The Morgan fingerprint density at radius 1 is 1.19 bits per heavy atom. The molecule has 2 unspecified atom stereocenters. The van der Waals surface area contributed by atoms with Gasteiger partial charge in [0, 0.05) is 31.6 Å². The second-order valence-corrected chi connectivity index (χ2v) is 6.41. The summed E-state index contributed by atoms with van der Waals surface area (Å²) in [5.41, 5.74) is 1.34. The lowest BCUT2D eigenvalue weighted by Crippen LogP contribution is -2.42. The predicted octanol–water partition coefficient (Wildman–Crippen LogP) is 2.59. The Hall–Kier alpha value is -1.61. The lowest BCUT2D eigenvalue weighted by atomic mass is 10.0. The van der Waals surface area contributed by atoms with Crippen molar-refractivity contribution in [1.29, 1.82) is 0 Å². The maximum absolute atomic E-state index is 12.2. The highest BCUT2D eigenvalue weighted by Gasteiger charge is 2.32. The Morgan fingerprint density at radius 2 is 1.90 bits per heavy atom. The zero-order valence-corrected chi connectivity index (χ0v) is 12.7. The first-order chi connectivity index (χ1) is 10.2. The molecule has 0 bridgehead atoms. The molecular formula is C18H24N2O. The van der Waals surface area contributed by atoms with Crippen LogP contribution in [-0.4, -0.2) is 29.9 Å². The number of carbonyl (C=O) groups is 1. The van der Waals surface area contributed by atoms with Crippen LogP contribution in [-0.2, 0) is 11.3 Å². The maximum Gasteiger partial charge on any atom is 0.224 e. The van der Waals surface area contributed by atoms with Crippen LogP contribution in [0.4, 0.5) is 0 Å². The van der Waals surface area contributed by atoms with Gasteiger partial charge < -0.3 is 5.32 Å². The molecule has 1 aliphatic carbocycles. The van der Waals surface area contributed by atoms with Crippen LogP contribution < -0.4 is 5.32 Å². The van der Waals surface area contributed by atoms with Crippen molar-refractivity contribution in [3.63, 3.8) is 0 Å². The van der Waals surface area contributed by atoms with E-state index >= 15 is 0 Å². The molecule has 21 heavy (non-hydrogen) atoms. The Morgan fingerprint density at radius 3 is 2.62 bits per heavy atom. The van der Waals surface area contributed by atoms with Gasteiger partial charge >= 0.3 is 0 Å². The van der Waals surface area contributed by atoms with Crippen molar-refractivity contribution in [1.82, 2.24) is 10.2 Å². The van der Waals surface area contributed by atoms with Crippen LogP contribution in [0.5, 0.6) is 0 Å². The molecule has 1 aromatic carbocycles. The molecule has 3 heteroatoms. The number of hydrogen-bond donors (Lipinski definition) is 1. The molecule has 0 saturated carbocycles. The molecule has 1 N–H and O–H groups in total. The van der Waals surface area contributed by atoms with Crippen molar-refractivity contribution in [3.05, 3.63) is 48.0 Å². The van der Waals surface area contributed by atoms with Gasteiger partial charge in [0.2, 0.25) is 5.91 Å². The van der Waals surface area contributed by atoms with Crippen molar-refractivity contribution in [2.24, 2.45) is 11.8 Å². The van der Waals surface area contributed by atoms with E-state index in [0.29, 0.717) is 12.0 Å². The number of carbonyl (C=O) groups excluding carboxylic acids is 1. The monoisotopic (exact) mass is 284 g/mol. The van der Waals surface area contributed by atoms with Crippen molar-refractivity contribution >= 4 is 5.91 Å². The van der Waals surface area contributed by atoms with Gasteiger partial charge in [-0.15, -0.1) is 0 Å². The van der Waals surface area contributed by atoms with E-state index in [1.165, 1.54) is 5.56 Å². The van der Waals surface area contributed by atoms with Gasteiger partial charge in [0.1, 0.15) is 0 Å². The number of nitrogens with one attached hydrogen (secondary N) is 1.